The minimum Gasteiger partial charge on any atom is -0.312 e. The highest BCUT2D eigenvalue weighted by Gasteiger charge is 2.11. The summed E-state index contributed by atoms with van der Waals surface area (Å²) in [5.41, 5.74) is 1.17. The normalized spacial score (nSPS) is 10.1. The summed E-state index contributed by atoms with van der Waals surface area (Å²) in [6.07, 6.45) is 1.24. The van der Waals surface area contributed by atoms with Gasteiger partial charge >= 0.3 is 0 Å². The highest BCUT2D eigenvalue weighted by molar-refractivity contribution is 9.10. The van der Waals surface area contributed by atoms with E-state index in [-0.39, 0.29) is 11.8 Å². The molecule has 0 aliphatic heterocycles. The zero-order chi connectivity index (χ0) is 16.3. The van der Waals surface area contributed by atoms with Gasteiger partial charge in [0.15, 0.2) is 0 Å². The van der Waals surface area contributed by atoms with Crippen molar-refractivity contribution in [2.75, 3.05) is 17.3 Å². The molecule has 7 heteroatoms. The van der Waals surface area contributed by atoms with E-state index < -0.39 is 0 Å². The van der Waals surface area contributed by atoms with Crippen molar-refractivity contribution in [2.45, 2.75) is 0 Å². The number of likely N-dealkylation sites (N-methyl/N-ethyl adjacent to an activating group) is 1. The van der Waals surface area contributed by atoms with Gasteiger partial charge in [0.25, 0.3) is 5.91 Å². The van der Waals surface area contributed by atoms with Gasteiger partial charge in [-0.05, 0) is 46.3 Å². The van der Waals surface area contributed by atoms with Gasteiger partial charge in [-0.3, -0.25) is 14.3 Å². The first-order chi connectivity index (χ1) is 10.4. The van der Waals surface area contributed by atoms with Crippen LogP contribution in [0.1, 0.15) is 10.4 Å². The van der Waals surface area contributed by atoms with Crippen molar-refractivity contribution in [1.29, 1.82) is 0 Å². The van der Waals surface area contributed by atoms with Crippen molar-refractivity contribution in [3.8, 4) is 0 Å². The number of halogens is 1. The molecule has 2 amide bonds. The molecule has 0 atom stereocenters. The zero-order valence-electron chi connectivity index (χ0n) is 12.2. The first-order valence-corrected chi connectivity index (χ1v) is 7.22. The van der Waals surface area contributed by atoms with E-state index in [0.717, 1.165) is 0 Å². The second-order valence-corrected chi connectivity index (χ2v) is 5.39. The Bertz CT molecular complexity index is 722. The van der Waals surface area contributed by atoms with Gasteiger partial charge in [0.2, 0.25) is 5.91 Å². The van der Waals surface area contributed by atoms with E-state index in [1.165, 1.54) is 11.0 Å². The first-order valence-electron chi connectivity index (χ1n) is 6.43. The summed E-state index contributed by atoms with van der Waals surface area (Å²) in [4.78, 5) is 25.2. The third-order valence-corrected chi connectivity index (χ3v) is 3.50. The maximum atomic E-state index is 12.2. The highest BCUT2D eigenvalue weighted by Crippen LogP contribution is 2.17. The quantitative estimate of drug-likeness (QED) is 0.850. The zero-order valence-corrected chi connectivity index (χ0v) is 13.8. The molecule has 0 aliphatic carbocycles. The van der Waals surface area contributed by atoms with Gasteiger partial charge in [0.05, 0.1) is 0 Å². The molecule has 0 aliphatic rings. The van der Waals surface area contributed by atoms with Crippen LogP contribution >= 0.6 is 15.9 Å². The fourth-order valence-corrected chi connectivity index (χ4v) is 2.29. The van der Waals surface area contributed by atoms with E-state index in [4.69, 9.17) is 0 Å². The van der Waals surface area contributed by atoms with E-state index in [1.807, 2.05) is 0 Å². The SMILES string of the molecule is C=CC(=O)N(C)c1ccc(C(=O)Nc2cc(Br)nn2C)cc1. The molecule has 0 fully saturated rings. The molecule has 6 nitrogen and oxygen atoms in total. The molecule has 2 aromatic rings. The number of nitrogens with zero attached hydrogens (tertiary/aromatic N) is 3. The van der Waals surface area contributed by atoms with E-state index in [9.17, 15) is 9.59 Å². The molecule has 1 N–H and O–H groups in total. The molecule has 1 heterocycles. The number of rotatable bonds is 4. The number of carbonyl (C=O) groups is 2. The summed E-state index contributed by atoms with van der Waals surface area (Å²) >= 11 is 3.25. The van der Waals surface area contributed by atoms with Crippen molar-refractivity contribution >= 4 is 39.2 Å². The Morgan fingerprint density at radius 1 is 1.36 bits per heavy atom. The third-order valence-electron chi connectivity index (χ3n) is 3.11. The van der Waals surface area contributed by atoms with Gasteiger partial charge in [-0.2, -0.15) is 5.10 Å². The number of hydrogen-bond acceptors (Lipinski definition) is 3. The topological polar surface area (TPSA) is 67.2 Å². The summed E-state index contributed by atoms with van der Waals surface area (Å²) in [5.74, 6) is 0.122. The molecule has 2 rings (SSSR count). The van der Waals surface area contributed by atoms with Crippen molar-refractivity contribution < 1.29 is 9.59 Å². The molecule has 0 saturated carbocycles. The molecular weight excluding hydrogens is 348 g/mol. The molecule has 0 radical (unpaired) electrons. The molecule has 114 valence electrons. The van der Waals surface area contributed by atoms with Crippen LogP contribution in [0.2, 0.25) is 0 Å². The van der Waals surface area contributed by atoms with E-state index >= 15 is 0 Å². The van der Waals surface area contributed by atoms with E-state index in [2.05, 4.69) is 32.9 Å². The van der Waals surface area contributed by atoms with Crippen molar-refractivity contribution in [1.82, 2.24) is 9.78 Å². The maximum absolute atomic E-state index is 12.2. The Morgan fingerprint density at radius 2 is 2.00 bits per heavy atom. The summed E-state index contributed by atoms with van der Waals surface area (Å²) < 4.78 is 2.21. The van der Waals surface area contributed by atoms with Crippen molar-refractivity contribution in [3.63, 3.8) is 0 Å². The summed E-state index contributed by atoms with van der Waals surface area (Å²) in [5, 5.41) is 6.85. The molecule has 0 bridgehead atoms. The minimum absolute atomic E-state index is 0.211. The summed E-state index contributed by atoms with van der Waals surface area (Å²) in [7, 11) is 3.38. The lowest BCUT2D eigenvalue weighted by Crippen LogP contribution is -2.23. The second kappa shape index (κ2) is 6.57. The molecule has 22 heavy (non-hydrogen) atoms. The van der Waals surface area contributed by atoms with Crippen LogP contribution < -0.4 is 10.2 Å². The van der Waals surface area contributed by atoms with Crippen LogP contribution in [-0.2, 0) is 11.8 Å². The lowest BCUT2D eigenvalue weighted by Gasteiger charge is -2.15. The first kappa shape index (κ1) is 16.0. The molecular formula is C15H15BrN4O2. The van der Waals surface area contributed by atoms with Crippen molar-refractivity contribution in [3.05, 3.63) is 53.2 Å². The number of carbonyl (C=O) groups excluding carboxylic acids is 2. The van der Waals surface area contributed by atoms with Crippen LogP contribution in [0.4, 0.5) is 11.5 Å². The molecule has 0 saturated heterocycles. The van der Waals surface area contributed by atoms with Crippen LogP contribution in [0.3, 0.4) is 0 Å². The van der Waals surface area contributed by atoms with Gasteiger partial charge in [-0.1, -0.05) is 6.58 Å². The van der Waals surface area contributed by atoms with E-state index in [0.29, 0.717) is 21.7 Å². The van der Waals surface area contributed by atoms with Crippen LogP contribution in [0.5, 0.6) is 0 Å². The lowest BCUT2D eigenvalue weighted by molar-refractivity contribution is -0.113. The predicted octanol–water partition coefficient (Wildman–Crippen LogP) is 2.58. The number of hydrogen-bond donors (Lipinski definition) is 1. The van der Waals surface area contributed by atoms with Crippen molar-refractivity contribution in [2.24, 2.45) is 7.05 Å². The Hall–Kier alpha value is -2.41. The fraction of sp³-hybridized carbons (Fsp3) is 0.133. The third kappa shape index (κ3) is 3.43. The Balaban J connectivity index is 2.13. The smallest absolute Gasteiger partial charge is 0.256 e. The number of anilines is 2. The van der Waals surface area contributed by atoms with Crippen LogP contribution in [0.15, 0.2) is 47.6 Å². The van der Waals surface area contributed by atoms with Gasteiger partial charge in [-0.15, -0.1) is 0 Å². The molecule has 0 unspecified atom stereocenters. The number of aromatic nitrogens is 2. The molecule has 0 spiro atoms. The largest absolute Gasteiger partial charge is 0.312 e. The summed E-state index contributed by atoms with van der Waals surface area (Å²) in [6, 6.07) is 8.43. The van der Waals surface area contributed by atoms with Crippen LogP contribution in [0, 0.1) is 0 Å². The van der Waals surface area contributed by atoms with Gasteiger partial charge in [-0.25, -0.2) is 0 Å². The van der Waals surface area contributed by atoms with Crippen LogP contribution in [-0.4, -0.2) is 28.6 Å². The minimum atomic E-state index is -0.250. The van der Waals surface area contributed by atoms with E-state index in [1.54, 1.807) is 49.1 Å². The average Bonchev–Trinajstić information content (AvgIpc) is 2.83. The Morgan fingerprint density at radius 3 is 2.50 bits per heavy atom. The monoisotopic (exact) mass is 362 g/mol. The molecule has 1 aromatic heterocycles. The lowest BCUT2D eigenvalue weighted by atomic mass is 10.2. The number of aryl methyl sites for hydroxylation is 1. The fourth-order valence-electron chi connectivity index (χ4n) is 1.84. The molecule has 1 aromatic carbocycles. The predicted molar refractivity (Wildman–Crippen MR) is 88.9 cm³/mol. The maximum Gasteiger partial charge on any atom is 0.256 e. The number of nitrogens with one attached hydrogen (secondary N) is 1. The van der Waals surface area contributed by atoms with Crippen LogP contribution in [0.25, 0.3) is 0 Å². The standard InChI is InChI=1S/C15H15BrN4O2/c1-4-14(21)19(2)11-7-5-10(6-8-11)15(22)17-13-9-12(16)18-20(13)3/h4-9H,1H2,2-3H3,(H,17,22). The Kier molecular flexibility index (Phi) is 4.77. The average molecular weight is 363 g/mol. The summed E-state index contributed by atoms with van der Waals surface area (Å²) in [6.45, 7) is 3.44. The van der Waals surface area contributed by atoms with Gasteiger partial charge < -0.3 is 10.2 Å². The second-order valence-electron chi connectivity index (χ2n) is 4.58. The van der Waals surface area contributed by atoms with Gasteiger partial charge in [0, 0.05) is 31.4 Å². The number of benzene rings is 1. The number of amides is 2. The highest BCUT2D eigenvalue weighted by atomic mass is 79.9. The van der Waals surface area contributed by atoms with Gasteiger partial charge in [0.1, 0.15) is 10.4 Å². The Labute approximate surface area is 136 Å².